The van der Waals surface area contributed by atoms with Crippen LogP contribution in [0.25, 0.3) is 0 Å². The summed E-state index contributed by atoms with van der Waals surface area (Å²) in [4.78, 5) is 10.3. The second-order valence-corrected chi connectivity index (χ2v) is 3.74. The van der Waals surface area contributed by atoms with Crippen LogP contribution in [0.2, 0.25) is 0 Å². The van der Waals surface area contributed by atoms with Crippen LogP contribution >= 0.6 is 0 Å². The van der Waals surface area contributed by atoms with E-state index in [0.29, 0.717) is 0 Å². The fourth-order valence-electron chi connectivity index (χ4n) is 1.55. The third kappa shape index (κ3) is 4.02. The highest BCUT2D eigenvalue weighted by Gasteiger charge is 2.42. The Balaban J connectivity index is 3.10. The predicted molar refractivity (Wildman–Crippen MR) is 61.9 cm³/mol. The maximum Gasteiger partial charge on any atom is 0.418 e. The second kappa shape index (κ2) is 6.47. The molecule has 0 spiro atoms. The number of carboxylic acids is 1. The van der Waals surface area contributed by atoms with Gasteiger partial charge >= 0.3 is 12.1 Å². The highest BCUT2D eigenvalue weighted by Crippen LogP contribution is 2.39. The largest absolute Gasteiger partial charge is 0.493 e. The molecule has 1 atom stereocenters. The third-order valence-electron chi connectivity index (χ3n) is 2.38. The van der Waals surface area contributed by atoms with Gasteiger partial charge in [0, 0.05) is 0 Å². The number of carboxylic acid groups (broad SMARTS) is 1. The molecule has 0 aliphatic rings. The van der Waals surface area contributed by atoms with E-state index < -0.39 is 24.9 Å². The fourth-order valence-corrected chi connectivity index (χ4v) is 1.55. The molecule has 112 valence electrons. The molecule has 1 rings (SSSR count). The van der Waals surface area contributed by atoms with Gasteiger partial charge in [-0.05, 0) is 17.7 Å². The Morgan fingerprint density at radius 3 is 2.30 bits per heavy atom. The average molecular weight is 294 g/mol. The van der Waals surface area contributed by atoms with Crippen LogP contribution in [0.4, 0.5) is 13.2 Å². The first kappa shape index (κ1) is 16.1. The molecule has 8 heteroatoms. The lowest BCUT2D eigenvalue weighted by Gasteiger charge is -2.21. The lowest BCUT2D eigenvalue weighted by atomic mass is 10.1. The summed E-state index contributed by atoms with van der Waals surface area (Å²) >= 11 is 0. The third-order valence-corrected chi connectivity index (χ3v) is 2.38. The first-order chi connectivity index (χ1) is 9.29. The molecule has 0 aliphatic carbocycles. The van der Waals surface area contributed by atoms with Crippen LogP contribution in [0.1, 0.15) is 11.7 Å². The van der Waals surface area contributed by atoms with Gasteiger partial charge in [0.2, 0.25) is 0 Å². The molecule has 0 saturated carbocycles. The predicted octanol–water partition coefficient (Wildman–Crippen LogP) is 2.41. The number of methoxy groups -OCH3 is 2. The van der Waals surface area contributed by atoms with E-state index >= 15 is 0 Å². The van der Waals surface area contributed by atoms with Crippen LogP contribution in [0.15, 0.2) is 18.2 Å². The van der Waals surface area contributed by atoms with Crippen LogP contribution in [-0.2, 0) is 9.53 Å². The molecule has 0 aromatic heterocycles. The Morgan fingerprint density at radius 2 is 1.85 bits per heavy atom. The van der Waals surface area contributed by atoms with Crippen molar-refractivity contribution in [3.05, 3.63) is 23.8 Å². The Kier molecular flexibility index (Phi) is 5.20. The van der Waals surface area contributed by atoms with Gasteiger partial charge in [-0.2, -0.15) is 13.2 Å². The maximum absolute atomic E-state index is 12.9. The van der Waals surface area contributed by atoms with Gasteiger partial charge in [0.15, 0.2) is 17.6 Å². The van der Waals surface area contributed by atoms with E-state index in [-0.39, 0.29) is 17.1 Å². The van der Waals surface area contributed by atoms with Crippen LogP contribution in [0.5, 0.6) is 11.5 Å². The Bertz CT molecular complexity index is 473. The van der Waals surface area contributed by atoms with Crippen molar-refractivity contribution in [3.8, 4) is 11.5 Å². The van der Waals surface area contributed by atoms with Crippen molar-refractivity contribution in [2.24, 2.45) is 0 Å². The van der Waals surface area contributed by atoms with E-state index in [1.165, 1.54) is 20.3 Å². The van der Waals surface area contributed by atoms with Gasteiger partial charge in [0.25, 0.3) is 0 Å². The normalized spacial score (nSPS) is 12.8. The van der Waals surface area contributed by atoms with E-state index in [9.17, 15) is 18.0 Å². The molecule has 1 aromatic rings. The number of rotatable bonds is 6. The summed E-state index contributed by atoms with van der Waals surface area (Å²) in [6.45, 7) is -1.06. The zero-order valence-corrected chi connectivity index (χ0v) is 10.7. The minimum Gasteiger partial charge on any atom is -0.493 e. The van der Waals surface area contributed by atoms with Crippen molar-refractivity contribution in [2.75, 3.05) is 20.8 Å². The molecule has 1 aromatic carbocycles. The fraction of sp³-hybridized carbons (Fsp3) is 0.417. The van der Waals surface area contributed by atoms with E-state index in [1.807, 2.05) is 0 Å². The van der Waals surface area contributed by atoms with Gasteiger partial charge in [-0.3, -0.25) is 0 Å². The van der Waals surface area contributed by atoms with E-state index in [4.69, 9.17) is 14.6 Å². The number of hydrogen-bond acceptors (Lipinski definition) is 4. The molecule has 1 unspecified atom stereocenters. The smallest absolute Gasteiger partial charge is 0.418 e. The highest BCUT2D eigenvalue weighted by molar-refractivity contribution is 5.68. The molecule has 0 amide bonds. The Hall–Kier alpha value is -1.96. The molecule has 20 heavy (non-hydrogen) atoms. The van der Waals surface area contributed by atoms with Crippen LogP contribution in [-0.4, -0.2) is 38.1 Å². The quantitative estimate of drug-likeness (QED) is 0.872. The minimum atomic E-state index is -4.74. The molecule has 0 radical (unpaired) electrons. The molecule has 0 bridgehead atoms. The molecule has 0 heterocycles. The molecule has 0 fully saturated rings. The summed E-state index contributed by atoms with van der Waals surface area (Å²) in [5, 5.41) is 8.42. The summed E-state index contributed by atoms with van der Waals surface area (Å²) in [6.07, 6.45) is -7.09. The monoisotopic (exact) mass is 294 g/mol. The first-order valence-corrected chi connectivity index (χ1v) is 5.41. The summed E-state index contributed by atoms with van der Waals surface area (Å²) in [6, 6.07) is 3.53. The number of ether oxygens (including phenoxy) is 3. The van der Waals surface area contributed by atoms with Gasteiger partial charge in [-0.1, -0.05) is 6.07 Å². The number of hydrogen-bond donors (Lipinski definition) is 1. The van der Waals surface area contributed by atoms with Gasteiger partial charge in [-0.15, -0.1) is 0 Å². The van der Waals surface area contributed by atoms with Gasteiger partial charge in [-0.25, -0.2) is 4.79 Å². The second-order valence-electron chi connectivity index (χ2n) is 3.74. The van der Waals surface area contributed by atoms with Crippen molar-refractivity contribution in [2.45, 2.75) is 12.3 Å². The zero-order chi connectivity index (χ0) is 15.3. The molecule has 1 N–H and O–H groups in total. The first-order valence-electron chi connectivity index (χ1n) is 5.41. The Morgan fingerprint density at radius 1 is 1.25 bits per heavy atom. The molecule has 0 aliphatic heterocycles. The highest BCUT2D eigenvalue weighted by atomic mass is 19.4. The molecular formula is C12H13F3O5. The van der Waals surface area contributed by atoms with E-state index in [1.54, 1.807) is 0 Å². The van der Waals surface area contributed by atoms with Gasteiger partial charge in [0.05, 0.1) is 14.2 Å². The maximum atomic E-state index is 12.9. The number of alkyl halides is 3. The van der Waals surface area contributed by atoms with Crippen LogP contribution in [0.3, 0.4) is 0 Å². The molecule has 5 nitrogen and oxygen atoms in total. The van der Waals surface area contributed by atoms with Crippen molar-refractivity contribution in [1.29, 1.82) is 0 Å². The van der Waals surface area contributed by atoms with Gasteiger partial charge < -0.3 is 19.3 Å². The van der Waals surface area contributed by atoms with Crippen LogP contribution < -0.4 is 9.47 Å². The summed E-state index contributed by atoms with van der Waals surface area (Å²) in [5.74, 6) is -1.13. The SMILES string of the molecule is COc1ccc(C(OCC(=O)O)C(F)(F)F)cc1OC. The van der Waals surface area contributed by atoms with E-state index in [0.717, 1.165) is 12.1 Å². The molecule has 0 saturated heterocycles. The average Bonchev–Trinajstić information content (AvgIpc) is 2.36. The number of halogens is 3. The van der Waals surface area contributed by atoms with Crippen molar-refractivity contribution in [1.82, 2.24) is 0 Å². The molecular weight excluding hydrogens is 281 g/mol. The standard InChI is InChI=1S/C12H13F3O5/c1-18-8-4-3-7(5-9(8)19-2)11(12(13,14)15)20-6-10(16)17/h3-5,11H,6H2,1-2H3,(H,16,17). The summed E-state index contributed by atoms with van der Waals surface area (Å²) in [5.41, 5.74) is -0.267. The number of carbonyl (C=O) groups is 1. The summed E-state index contributed by atoms with van der Waals surface area (Å²) < 4.78 is 52.9. The lowest BCUT2D eigenvalue weighted by molar-refractivity contribution is -0.225. The van der Waals surface area contributed by atoms with Crippen molar-refractivity contribution < 1.29 is 37.3 Å². The Labute approximate surface area is 112 Å². The topological polar surface area (TPSA) is 65.0 Å². The van der Waals surface area contributed by atoms with Gasteiger partial charge in [0.1, 0.15) is 6.61 Å². The zero-order valence-electron chi connectivity index (χ0n) is 10.7. The van der Waals surface area contributed by atoms with E-state index in [2.05, 4.69) is 4.74 Å². The van der Waals surface area contributed by atoms with Crippen molar-refractivity contribution in [3.63, 3.8) is 0 Å². The number of benzene rings is 1. The minimum absolute atomic E-state index is 0.0955. The van der Waals surface area contributed by atoms with Crippen LogP contribution in [0, 0.1) is 0 Å². The lowest BCUT2D eigenvalue weighted by Crippen LogP contribution is -2.26. The number of aliphatic carboxylic acids is 1. The summed E-state index contributed by atoms with van der Waals surface area (Å²) in [7, 11) is 2.63. The van der Waals surface area contributed by atoms with Crippen molar-refractivity contribution >= 4 is 5.97 Å².